The van der Waals surface area contributed by atoms with Gasteiger partial charge in [0.05, 0.1) is 6.04 Å². The number of alkyl halides is 2. The highest BCUT2D eigenvalue weighted by Crippen LogP contribution is 2.37. The number of likely N-dealkylation sites (N-methyl/N-ethyl adjacent to an activating group) is 1. The first-order valence-electron chi connectivity index (χ1n) is 17.1. The van der Waals surface area contributed by atoms with Crippen molar-refractivity contribution in [3.8, 4) is 0 Å². The number of aliphatic hydroxyl groups excluding tert-OH is 1. The number of halogens is 2. The quantitative estimate of drug-likeness (QED) is 0.176. The van der Waals surface area contributed by atoms with E-state index in [2.05, 4.69) is 21.3 Å². The van der Waals surface area contributed by atoms with Crippen LogP contribution in [0.4, 0.5) is 8.78 Å². The van der Waals surface area contributed by atoms with E-state index in [0.717, 1.165) is 39.0 Å². The van der Waals surface area contributed by atoms with Crippen molar-refractivity contribution in [3.05, 3.63) is 0 Å². The third-order valence-electron chi connectivity index (χ3n) is 9.57. The van der Waals surface area contributed by atoms with E-state index >= 15 is 0 Å². The molecule has 0 aromatic carbocycles. The topological polar surface area (TPSA) is 166 Å². The van der Waals surface area contributed by atoms with Crippen molar-refractivity contribution < 1.29 is 42.6 Å². The van der Waals surface area contributed by atoms with Crippen molar-refractivity contribution in [2.45, 2.75) is 148 Å². The fourth-order valence-electron chi connectivity index (χ4n) is 6.77. The second kappa shape index (κ2) is 16.5. The van der Waals surface area contributed by atoms with Crippen LogP contribution >= 0.6 is 0 Å². The molecule has 268 valence electrons. The Kier molecular flexibility index (Phi) is 13.5. The van der Waals surface area contributed by atoms with Crippen LogP contribution < -0.4 is 21.3 Å². The first kappa shape index (κ1) is 38.6. The summed E-state index contributed by atoms with van der Waals surface area (Å²) >= 11 is 0. The highest BCUT2D eigenvalue weighted by Gasteiger charge is 2.48. The lowest BCUT2D eigenvalue weighted by atomic mass is 9.86. The van der Waals surface area contributed by atoms with Crippen molar-refractivity contribution >= 4 is 29.6 Å². The number of ether oxygens (including phenoxy) is 1. The second-order valence-corrected chi connectivity index (χ2v) is 14.7. The minimum absolute atomic E-state index is 0.0367. The third kappa shape index (κ3) is 10.8. The molecule has 0 spiro atoms. The monoisotopic (exact) mass is 671 g/mol. The molecule has 3 aliphatic rings. The van der Waals surface area contributed by atoms with Crippen LogP contribution in [0.25, 0.3) is 0 Å². The lowest BCUT2D eigenvalue weighted by molar-refractivity contribution is -0.160. The van der Waals surface area contributed by atoms with Crippen LogP contribution in [0.15, 0.2) is 0 Å². The predicted octanol–water partition coefficient (Wildman–Crippen LogP) is 2.37. The van der Waals surface area contributed by atoms with E-state index in [0.29, 0.717) is 19.4 Å². The molecule has 0 aromatic heterocycles. The minimum atomic E-state index is -2.90. The molecule has 2 aliphatic carbocycles. The minimum Gasteiger partial charge on any atom is -0.450 e. The molecular weight excluding hydrogens is 616 g/mol. The lowest BCUT2D eigenvalue weighted by Gasteiger charge is -2.39. The highest BCUT2D eigenvalue weighted by atomic mass is 19.3. The Morgan fingerprint density at radius 2 is 1.66 bits per heavy atom. The molecule has 47 heavy (non-hydrogen) atoms. The maximum atomic E-state index is 14.1. The van der Waals surface area contributed by atoms with Gasteiger partial charge in [-0.2, -0.15) is 0 Å². The summed E-state index contributed by atoms with van der Waals surface area (Å²) in [6.07, 6.45) is 1.92. The van der Waals surface area contributed by atoms with Crippen LogP contribution in [0, 0.1) is 17.3 Å². The molecule has 1 saturated heterocycles. The molecule has 12 nitrogen and oxygen atoms in total. The number of hydrogen-bond acceptors (Lipinski definition) is 8. The van der Waals surface area contributed by atoms with E-state index in [9.17, 15) is 37.9 Å². The Balaban J connectivity index is 1.88. The Bertz CT molecular complexity index is 1120. The van der Waals surface area contributed by atoms with E-state index in [1.165, 1.54) is 11.9 Å². The van der Waals surface area contributed by atoms with Gasteiger partial charge in [-0.15, -0.1) is 0 Å². The number of piperidine rings is 1. The van der Waals surface area contributed by atoms with Gasteiger partial charge in [0.1, 0.15) is 18.3 Å². The average Bonchev–Trinajstić information content (AvgIpc) is 3.50. The Hall–Kier alpha value is -2.87. The largest absolute Gasteiger partial charge is 0.450 e. The molecule has 0 bridgehead atoms. The van der Waals surface area contributed by atoms with Crippen LogP contribution in [-0.4, -0.2) is 95.6 Å². The number of carbonyl (C=O) groups is 5. The van der Waals surface area contributed by atoms with Crippen LogP contribution in [0.3, 0.4) is 0 Å². The van der Waals surface area contributed by atoms with Crippen LogP contribution in [0.1, 0.15) is 105 Å². The van der Waals surface area contributed by atoms with E-state index in [1.54, 1.807) is 20.8 Å². The maximum absolute atomic E-state index is 14.1. The molecule has 2 saturated carbocycles. The van der Waals surface area contributed by atoms with Gasteiger partial charge in [0.25, 0.3) is 11.8 Å². The molecule has 2 unspecified atom stereocenters. The van der Waals surface area contributed by atoms with Gasteiger partial charge in [-0.25, -0.2) is 8.78 Å². The number of rotatable bonds is 14. The van der Waals surface area contributed by atoms with Crippen LogP contribution in [-0.2, 0) is 28.7 Å². The summed E-state index contributed by atoms with van der Waals surface area (Å²) in [5.74, 6) is -6.30. The number of hydrogen-bond donors (Lipinski definition) is 5. The van der Waals surface area contributed by atoms with E-state index in [-0.39, 0.29) is 24.7 Å². The molecule has 0 aromatic rings. The number of carbonyl (C=O) groups excluding carboxylic acids is 5. The van der Waals surface area contributed by atoms with Crippen molar-refractivity contribution in [3.63, 3.8) is 0 Å². The molecule has 3 rings (SSSR count). The molecule has 6 atom stereocenters. The Labute approximate surface area is 276 Å². The normalized spacial score (nSPS) is 24.2. The van der Waals surface area contributed by atoms with Gasteiger partial charge in [-0.05, 0) is 51.0 Å². The van der Waals surface area contributed by atoms with Gasteiger partial charge in [-0.1, -0.05) is 47.0 Å². The molecule has 14 heteroatoms. The number of aliphatic hydroxyl groups is 1. The number of nitrogens with zero attached hydrogens (tertiary/aromatic N) is 1. The van der Waals surface area contributed by atoms with Gasteiger partial charge in [0.15, 0.2) is 6.10 Å². The maximum Gasteiger partial charge on any atom is 0.303 e. The molecule has 5 N–H and O–H groups in total. The SMILES string of the molecule is CCC[C@@H](C(=O)N[C@@H](C[C@@H]1CCCNC1O)C(OC(C)=O)C(=O)NC1CC(F)(F)C1)N(C)C(=O)[C@H](NC(=O)C(C)(C)C)C1CCCC1. The van der Waals surface area contributed by atoms with Gasteiger partial charge < -0.3 is 30.7 Å². The van der Waals surface area contributed by atoms with Gasteiger partial charge in [0.2, 0.25) is 17.7 Å². The van der Waals surface area contributed by atoms with Crippen molar-refractivity contribution in [1.82, 2.24) is 26.2 Å². The van der Waals surface area contributed by atoms with E-state index in [4.69, 9.17) is 4.74 Å². The van der Waals surface area contributed by atoms with Gasteiger partial charge >= 0.3 is 5.97 Å². The summed E-state index contributed by atoms with van der Waals surface area (Å²) < 4.78 is 32.5. The molecule has 0 radical (unpaired) electrons. The highest BCUT2D eigenvalue weighted by molar-refractivity contribution is 5.93. The number of nitrogens with one attached hydrogen (secondary N) is 4. The van der Waals surface area contributed by atoms with Crippen LogP contribution in [0.5, 0.6) is 0 Å². The predicted molar refractivity (Wildman–Crippen MR) is 170 cm³/mol. The molecule has 4 amide bonds. The third-order valence-corrected chi connectivity index (χ3v) is 9.57. The standard InChI is InChI=1S/C33H55F2N5O7/c1-7-11-24(40(6)30(45)25(20-12-8-9-13-20)39-31(46)32(3,4)5)28(43)38-23(16-21-14-10-15-36-27(21)42)26(47-19(2)41)29(44)37-22-17-33(34,35)18-22/h20-27,36,42H,7-18H2,1-6H3,(H,37,44)(H,38,43)(H,39,46)/t21-,23-,24-,25+,26?,27?/m0/s1. The fourth-order valence-corrected chi connectivity index (χ4v) is 6.77. The second-order valence-electron chi connectivity index (χ2n) is 14.7. The van der Waals surface area contributed by atoms with Gasteiger partial charge in [-0.3, -0.25) is 29.3 Å². The summed E-state index contributed by atoms with van der Waals surface area (Å²) in [6.45, 7) is 8.84. The average molecular weight is 672 g/mol. The van der Waals surface area contributed by atoms with Crippen molar-refractivity contribution in [2.24, 2.45) is 17.3 Å². The fraction of sp³-hybridized carbons (Fsp3) is 0.848. The summed E-state index contributed by atoms with van der Waals surface area (Å²) in [4.78, 5) is 68.1. The first-order chi connectivity index (χ1) is 21.9. The number of esters is 1. The Morgan fingerprint density at radius 1 is 1.02 bits per heavy atom. The zero-order valence-corrected chi connectivity index (χ0v) is 28.7. The molecule has 3 fully saturated rings. The Morgan fingerprint density at radius 3 is 2.19 bits per heavy atom. The smallest absolute Gasteiger partial charge is 0.303 e. The van der Waals surface area contributed by atoms with Crippen LogP contribution in [0.2, 0.25) is 0 Å². The van der Waals surface area contributed by atoms with E-state index < -0.39 is 90.3 Å². The molecular formula is C33H55F2N5O7. The first-order valence-corrected chi connectivity index (χ1v) is 17.1. The van der Waals surface area contributed by atoms with Crippen molar-refractivity contribution in [1.29, 1.82) is 0 Å². The summed E-state index contributed by atoms with van der Waals surface area (Å²) in [5.41, 5.74) is -0.733. The van der Waals surface area contributed by atoms with Crippen molar-refractivity contribution in [2.75, 3.05) is 13.6 Å². The lowest BCUT2D eigenvalue weighted by Crippen LogP contribution is -2.61. The zero-order chi connectivity index (χ0) is 35.1. The summed E-state index contributed by atoms with van der Waals surface area (Å²) in [6, 6.07) is -3.77. The zero-order valence-electron chi connectivity index (χ0n) is 28.7. The molecule has 1 heterocycles. The molecule has 1 aliphatic heterocycles. The van der Waals surface area contributed by atoms with E-state index in [1.807, 2.05) is 6.92 Å². The van der Waals surface area contributed by atoms with Gasteiger partial charge in [0, 0.05) is 44.2 Å². The summed E-state index contributed by atoms with van der Waals surface area (Å²) in [7, 11) is 1.52. The summed E-state index contributed by atoms with van der Waals surface area (Å²) in [5, 5.41) is 21.9. The number of amides is 4.